The topological polar surface area (TPSA) is 77.8 Å². The molecule has 0 spiro atoms. The molecule has 1 aromatic heterocycles. The first-order valence-electron chi connectivity index (χ1n) is 7.44. The number of pyridine rings is 1. The number of rotatable bonds is 4. The number of halogens is 1. The molecule has 1 amide bonds. The van der Waals surface area contributed by atoms with Crippen molar-refractivity contribution < 1.29 is 4.79 Å². The Balaban J connectivity index is 1.77. The molecule has 0 saturated carbocycles. The monoisotopic (exact) mass is 392 g/mol. The number of carbonyl (C=O) groups is 1. The van der Waals surface area contributed by atoms with Gasteiger partial charge in [-0.15, -0.1) is 0 Å². The van der Waals surface area contributed by atoms with Crippen LogP contribution in [-0.4, -0.2) is 10.9 Å². The van der Waals surface area contributed by atoms with Crippen molar-refractivity contribution in [2.45, 2.75) is 0 Å². The summed E-state index contributed by atoms with van der Waals surface area (Å²) in [5.41, 5.74) is 2.87. The van der Waals surface area contributed by atoms with Crippen LogP contribution in [0.15, 0.2) is 71.5 Å². The van der Waals surface area contributed by atoms with Gasteiger partial charge in [0.25, 0.3) is 5.91 Å². The van der Waals surface area contributed by atoms with Crippen LogP contribution in [-0.2, 0) is 0 Å². The molecule has 3 rings (SSSR count). The summed E-state index contributed by atoms with van der Waals surface area (Å²) in [6.07, 6.45) is 3.12. The van der Waals surface area contributed by atoms with E-state index in [0.29, 0.717) is 22.5 Å². The number of hydrogen-bond donors (Lipinski definition) is 2. The average molecular weight is 393 g/mol. The van der Waals surface area contributed by atoms with Gasteiger partial charge in [0.05, 0.1) is 28.7 Å². The van der Waals surface area contributed by atoms with Crippen molar-refractivity contribution >= 4 is 38.9 Å². The van der Waals surface area contributed by atoms with Gasteiger partial charge in [-0.2, -0.15) is 5.26 Å². The van der Waals surface area contributed by atoms with E-state index in [2.05, 4.69) is 37.6 Å². The molecule has 2 aromatic carbocycles. The third kappa shape index (κ3) is 4.22. The summed E-state index contributed by atoms with van der Waals surface area (Å²) in [5, 5.41) is 15.0. The van der Waals surface area contributed by atoms with Crippen LogP contribution in [0.5, 0.6) is 0 Å². The van der Waals surface area contributed by atoms with Crippen LogP contribution in [0, 0.1) is 11.3 Å². The number of para-hydroxylation sites is 1. The second-order valence-electron chi connectivity index (χ2n) is 5.21. The van der Waals surface area contributed by atoms with E-state index in [4.69, 9.17) is 5.26 Å². The van der Waals surface area contributed by atoms with Crippen LogP contribution in [0.3, 0.4) is 0 Å². The first kappa shape index (κ1) is 16.7. The molecule has 0 fully saturated rings. The summed E-state index contributed by atoms with van der Waals surface area (Å²) in [7, 11) is 0. The highest BCUT2D eigenvalue weighted by molar-refractivity contribution is 9.10. The molecule has 0 saturated heterocycles. The maximum Gasteiger partial charge on any atom is 0.257 e. The van der Waals surface area contributed by atoms with Crippen LogP contribution in [0.4, 0.5) is 17.1 Å². The lowest BCUT2D eigenvalue weighted by molar-refractivity contribution is 0.102. The molecule has 0 aliphatic carbocycles. The number of aromatic nitrogens is 1. The fourth-order valence-electron chi connectivity index (χ4n) is 2.22. The predicted molar refractivity (Wildman–Crippen MR) is 101 cm³/mol. The second kappa shape index (κ2) is 7.60. The van der Waals surface area contributed by atoms with Crippen LogP contribution < -0.4 is 10.6 Å². The number of nitriles is 1. The third-order valence-corrected chi connectivity index (χ3v) is 3.96. The quantitative estimate of drug-likeness (QED) is 0.673. The molecular formula is C19H13BrN4O. The standard InChI is InChI=1S/C19H13BrN4O/c20-15-5-7-16(8-6-15)23-17-9-14(11-22-12-17)19(25)24-18-4-2-1-3-13(18)10-21/h1-9,11-12,23H,(H,24,25). The van der Waals surface area contributed by atoms with Gasteiger partial charge in [0.15, 0.2) is 0 Å². The molecule has 0 aliphatic rings. The molecule has 5 nitrogen and oxygen atoms in total. The van der Waals surface area contributed by atoms with Crippen molar-refractivity contribution in [2.75, 3.05) is 10.6 Å². The summed E-state index contributed by atoms with van der Waals surface area (Å²) >= 11 is 3.39. The van der Waals surface area contributed by atoms with E-state index in [-0.39, 0.29) is 5.91 Å². The van der Waals surface area contributed by atoms with Crippen molar-refractivity contribution in [3.8, 4) is 6.07 Å². The van der Waals surface area contributed by atoms with E-state index in [0.717, 1.165) is 10.2 Å². The highest BCUT2D eigenvalue weighted by atomic mass is 79.9. The number of nitrogens with one attached hydrogen (secondary N) is 2. The summed E-state index contributed by atoms with van der Waals surface area (Å²) in [4.78, 5) is 16.5. The molecule has 3 aromatic rings. The molecule has 1 heterocycles. The summed E-state index contributed by atoms with van der Waals surface area (Å²) in [5.74, 6) is -0.324. The van der Waals surface area contributed by atoms with Crippen molar-refractivity contribution in [3.63, 3.8) is 0 Å². The average Bonchev–Trinajstić information content (AvgIpc) is 2.64. The summed E-state index contributed by atoms with van der Waals surface area (Å²) < 4.78 is 0.987. The highest BCUT2D eigenvalue weighted by Crippen LogP contribution is 2.20. The van der Waals surface area contributed by atoms with Gasteiger partial charge in [0.1, 0.15) is 6.07 Å². The molecule has 25 heavy (non-hydrogen) atoms. The molecule has 0 radical (unpaired) electrons. The fourth-order valence-corrected chi connectivity index (χ4v) is 2.48. The first-order chi connectivity index (χ1) is 12.2. The van der Waals surface area contributed by atoms with Crippen LogP contribution in [0.25, 0.3) is 0 Å². The molecule has 122 valence electrons. The SMILES string of the molecule is N#Cc1ccccc1NC(=O)c1cncc(Nc2ccc(Br)cc2)c1. The molecule has 0 aliphatic heterocycles. The first-order valence-corrected chi connectivity index (χ1v) is 8.23. The minimum atomic E-state index is -0.324. The van der Waals surface area contributed by atoms with Crippen molar-refractivity contribution in [3.05, 3.63) is 82.6 Å². The Morgan fingerprint density at radius 1 is 1.04 bits per heavy atom. The predicted octanol–water partition coefficient (Wildman–Crippen LogP) is 4.71. The fraction of sp³-hybridized carbons (Fsp3) is 0. The van der Waals surface area contributed by atoms with E-state index in [1.165, 1.54) is 6.20 Å². The second-order valence-corrected chi connectivity index (χ2v) is 6.12. The maximum absolute atomic E-state index is 12.4. The Hall–Kier alpha value is -3.17. The molecule has 0 unspecified atom stereocenters. The van der Waals surface area contributed by atoms with Gasteiger partial charge in [-0.25, -0.2) is 0 Å². The Morgan fingerprint density at radius 3 is 2.56 bits per heavy atom. The number of carbonyl (C=O) groups excluding carboxylic acids is 1. The van der Waals surface area contributed by atoms with Gasteiger partial charge in [-0.1, -0.05) is 28.1 Å². The lowest BCUT2D eigenvalue weighted by atomic mass is 10.2. The largest absolute Gasteiger partial charge is 0.354 e. The molecule has 2 N–H and O–H groups in total. The smallest absolute Gasteiger partial charge is 0.257 e. The van der Waals surface area contributed by atoms with E-state index in [1.54, 1.807) is 36.5 Å². The van der Waals surface area contributed by atoms with Gasteiger partial charge in [-0.3, -0.25) is 9.78 Å². The normalized spacial score (nSPS) is 9.92. The van der Waals surface area contributed by atoms with Gasteiger partial charge in [-0.05, 0) is 42.5 Å². The van der Waals surface area contributed by atoms with Crippen molar-refractivity contribution in [1.82, 2.24) is 4.98 Å². The minimum absolute atomic E-state index is 0.324. The number of hydrogen-bond acceptors (Lipinski definition) is 4. The van der Waals surface area contributed by atoms with Gasteiger partial charge < -0.3 is 10.6 Å². The molecular weight excluding hydrogens is 380 g/mol. The van der Waals surface area contributed by atoms with Crippen molar-refractivity contribution in [1.29, 1.82) is 5.26 Å². The molecule has 0 bridgehead atoms. The Kier molecular flexibility index (Phi) is 5.07. The van der Waals surface area contributed by atoms with Gasteiger partial charge in [0, 0.05) is 16.4 Å². The number of anilines is 3. The lowest BCUT2D eigenvalue weighted by Gasteiger charge is -2.09. The van der Waals surface area contributed by atoms with E-state index in [9.17, 15) is 4.79 Å². The summed E-state index contributed by atoms with van der Waals surface area (Å²) in [6, 6.07) is 18.3. The van der Waals surface area contributed by atoms with Crippen LogP contribution in [0.2, 0.25) is 0 Å². The van der Waals surface area contributed by atoms with Crippen LogP contribution >= 0.6 is 15.9 Å². The lowest BCUT2D eigenvalue weighted by Crippen LogP contribution is -2.13. The number of benzene rings is 2. The highest BCUT2D eigenvalue weighted by Gasteiger charge is 2.10. The minimum Gasteiger partial charge on any atom is -0.354 e. The summed E-state index contributed by atoms with van der Waals surface area (Å²) in [6.45, 7) is 0. The van der Waals surface area contributed by atoms with Crippen LogP contribution in [0.1, 0.15) is 15.9 Å². The van der Waals surface area contributed by atoms with Gasteiger partial charge >= 0.3 is 0 Å². The zero-order valence-corrected chi connectivity index (χ0v) is 14.6. The Morgan fingerprint density at radius 2 is 1.80 bits per heavy atom. The maximum atomic E-state index is 12.4. The zero-order valence-electron chi connectivity index (χ0n) is 13.0. The number of nitrogens with zero attached hydrogens (tertiary/aromatic N) is 2. The van der Waals surface area contributed by atoms with E-state index in [1.807, 2.05) is 24.3 Å². The third-order valence-electron chi connectivity index (χ3n) is 3.43. The Labute approximate surface area is 153 Å². The Bertz CT molecular complexity index is 948. The van der Waals surface area contributed by atoms with Crippen molar-refractivity contribution in [2.24, 2.45) is 0 Å². The van der Waals surface area contributed by atoms with Gasteiger partial charge in [0.2, 0.25) is 0 Å². The molecule has 0 atom stereocenters. The van der Waals surface area contributed by atoms with E-state index < -0.39 is 0 Å². The molecule has 6 heteroatoms. The van der Waals surface area contributed by atoms with E-state index >= 15 is 0 Å². The zero-order chi connectivity index (χ0) is 17.6. The number of amides is 1.